The van der Waals surface area contributed by atoms with Crippen LogP contribution in [0.3, 0.4) is 0 Å². The highest BCUT2D eigenvalue weighted by molar-refractivity contribution is 6.30. The summed E-state index contributed by atoms with van der Waals surface area (Å²) in [6, 6.07) is 7.13. The standard InChI is InChI=1S/C14H18ClNO/c1-10-7-16(8-11(10)2)9-14(17)12-3-5-13(15)6-4-12/h3-6,10-11H,7-9H2,1-2H3. The highest BCUT2D eigenvalue weighted by Gasteiger charge is 2.27. The number of ketones is 1. The zero-order chi connectivity index (χ0) is 12.4. The first-order chi connectivity index (χ1) is 8.06. The van der Waals surface area contributed by atoms with Gasteiger partial charge < -0.3 is 0 Å². The summed E-state index contributed by atoms with van der Waals surface area (Å²) < 4.78 is 0. The van der Waals surface area contributed by atoms with Crippen molar-refractivity contribution in [3.63, 3.8) is 0 Å². The minimum absolute atomic E-state index is 0.183. The molecule has 0 N–H and O–H groups in total. The second-order valence-corrected chi connectivity index (χ2v) is 5.52. The van der Waals surface area contributed by atoms with Gasteiger partial charge in [0.1, 0.15) is 0 Å². The van der Waals surface area contributed by atoms with Gasteiger partial charge in [-0.15, -0.1) is 0 Å². The molecule has 2 rings (SSSR count). The van der Waals surface area contributed by atoms with Crippen LogP contribution in [0.25, 0.3) is 0 Å². The molecular formula is C14H18ClNO. The van der Waals surface area contributed by atoms with E-state index in [0.717, 1.165) is 18.7 Å². The average Bonchev–Trinajstić information content (AvgIpc) is 2.58. The van der Waals surface area contributed by atoms with Crippen molar-refractivity contribution in [2.45, 2.75) is 13.8 Å². The summed E-state index contributed by atoms with van der Waals surface area (Å²) in [6.07, 6.45) is 0. The molecule has 0 spiro atoms. The maximum atomic E-state index is 12.0. The molecule has 92 valence electrons. The van der Waals surface area contributed by atoms with Crippen LogP contribution in [0, 0.1) is 11.8 Å². The summed E-state index contributed by atoms with van der Waals surface area (Å²) in [5, 5.41) is 0.671. The Kier molecular flexibility index (Phi) is 3.85. The Hall–Kier alpha value is -0.860. The van der Waals surface area contributed by atoms with E-state index in [1.807, 2.05) is 0 Å². The molecule has 0 aliphatic carbocycles. The fourth-order valence-electron chi connectivity index (χ4n) is 2.31. The second-order valence-electron chi connectivity index (χ2n) is 5.08. The molecule has 1 fully saturated rings. The first-order valence-electron chi connectivity index (χ1n) is 6.07. The van der Waals surface area contributed by atoms with Crippen LogP contribution in [0.4, 0.5) is 0 Å². The normalized spacial score (nSPS) is 25.1. The molecule has 1 saturated heterocycles. The number of rotatable bonds is 3. The average molecular weight is 252 g/mol. The Labute approximate surface area is 108 Å². The van der Waals surface area contributed by atoms with E-state index in [9.17, 15) is 4.79 Å². The van der Waals surface area contributed by atoms with Gasteiger partial charge in [-0.1, -0.05) is 25.4 Å². The van der Waals surface area contributed by atoms with Crippen molar-refractivity contribution >= 4 is 17.4 Å². The quantitative estimate of drug-likeness (QED) is 0.770. The Morgan fingerprint density at radius 2 is 1.76 bits per heavy atom. The van der Waals surface area contributed by atoms with E-state index in [0.29, 0.717) is 23.4 Å². The summed E-state index contributed by atoms with van der Waals surface area (Å²) in [5.74, 6) is 1.56. The molecule has 0 saturated carbocycles. The SMILES string of the molecule is CC1CN(CC(=O)c2ccc(Cl)cc2)CC1C. The Bertz CT molecular complexity index is 391. The number of nitrogens with zero attached hydrogens (tertiary/aromatic N) is 1. The predicted octanol–water partition coefficient (Wildman–Crippen LogP) is 3.11. The van der Waals surface area contributed by atoms with Crippen molar-refractivity contribution in [3.05, 3.63) is 34.9 Å². The third kappa shape index (κ3) is 3.08. The number of likely N-dealkylation sites (tertiary alicyclic amines) is 1. The lowest BCUT2D eigenvalue weighted by Gasteiger charge is -2.14. The van der Waals surface area contributed by atoms with Crippen LogP contribution < -0.4 is 0 Å². The zero-order valence-electron chi connectivity index (χ0n) is 10.3. The van der Waals surface area contributed by atoms with Gasteiger partial charge in [0.05, 0.1) is 6.54 Å². The van der Waals surface area contributed by atoms with Gasteiger partial charge in [-0.3, -0.25) is 9.69 Å². The minimum atomic E-state index is 0.183. The topological polar surface area (TPSA) is 20.3 Å². The first kappa shape index (κ1) is 12.6. The van der Waals surface area contributed by atoms with Crippen molar-refractivity contribution in [3.8, 4) is 0 Å². The van der Waals surface area contributed by atoms with Crippen LogP contribution in [0.1, 0.15) is 24.2 Å². The molecule has 0 radical (unpaired) electrons. The van der Waals surface area contributed by atoms with Gasteiger partial charge in [0.15, 0.2) is 5.78 Å². The van der Waals surface area contributed by atoms with Crippen molar-refractivity contribution in [2.75, 3.05) is 19.6 Å². The molecule has 1 heterocycles. The van der Waals surface area contributed by atoms with Gasteiger partial charge in [0, 0.05) is 23.7 Å². The van der Waals surface area contributed by atoms with Crippen LogP contribution >= 0.6 is 11.6 Å². The van der Waals surface area contributed by atoms with Gasteiger partial charge in [0.25, 0.3) is 0 Å². The fourth-order valence-corrected chi connectivity index (χ4v) is 2.43. The molecule has 0 aromatic heterocycles. The molecule has 3 heteroatoms. The lowest BCUT2D eigenvalue weighted by molar-refractivity contribution is 0.0942. The van der Waals surface area contributed by atoms with E-state index in [1.165, 1.54) is 0 Å². The fraction of sp³-hybridized carbons (Fsp3) is 0.500. The number of halogens is 1. The van der Waals surface area contributed by atoms with Gasteiger partial charge in [0.2, 0.25) is 0 Å². The van der Waals surface area contributed by atoms with Crippen LogP contribution in [0.2, 0.25) is 5.02 Å². The number of hydrogen-bond donors (Lipinski definition) is 0. The smallest absolute Gasteiger partial charge is 0.176 e. The van der Waals surface area contributed by atoms with Crippen molar-refractivity contribution in [1.29, 1.82) is 0 Å². The van der Waals surface area contributed by atoms with Crippen molar-refractivity contribution in [1.82, 2.24) is 4.90 Å². The summed E-state index contributed by atoms with van der Waals surface area (Å²) in [7, 11) is 0. The third-order valence-corrected chi connectivity index (χ3v) is 3.85. The summed E-state index contributed by atoms with van der Waals surface area (Å²) in [4.78, 5) is 14.3. The monoisotopic (exact) mass is 251 g/mol. The molecular weight excluding hydrogens is 234 g/mol. The highest BCUT2D eigenvalue weighted by Crippen LogP contribution is 2.22. The summed E-state index contributed by atoms with van der Waals surface area (Å²) in [6.45, 7) is 7.08. The maximum absolute atomic E-state index is 12.0. The van der Waals surface area contributed by atoms with Crippen LogP contribution in [0.15, 0.2) is 24.3 Å². The number of carbonyl (C=O) groups excluding carboxylic acids is 1. The third-order valence-electron chi connectivity index (χ3n) is 3.60. The Morgan fingerprint density at radius 3 is 2.29 bits per heavy atom. The van der Waals surface area contributed by atoms with E-state index in [4.69, 9.17) is 11.6 Å². The molecule has 1 aliphatic heterocycles. The molecule has 2 unspecified atom stereocenters. The zero-order valence-corrected chi connectivity index (χ0v) is 11.1. The van der Waals surface area contributed by atoms with Crippen LogP contribution in [0.5, 0.6) is 0 Å². The van der Waals surface area contributed by atoms with E-state index < -0.39 is 0 Å². The number of Topliss-reactive ketones (excluding diaryl/α,β-unsaturated/α-hetero) is 1. The van der Waals surface area contributed by atoms with Gasteiger partial charge in [-0.05, 0) is 36.1 Å². The van der Waals surface area contributed by atoms with E-state index >= 15 is 0 Å². The summed E-state index contributed by atoms with van der Waals surface area (Å²) >= 11 is 5.80. The Morgan fingerprint density at radius 1 is 1.24 bits per heavy atom. The molecule has 0 amide bonds. The molecule has 17 heavy (non-hydrogen) atoms. The van der Waals surface area contributed by atoms with Crippen molar-refractivity contribution in [2.24, 2.45) is 11.8 Å². The highest BCUT2D eigenvalue weighted by atomic mass is 35.5. The first-order valence-corrected chi connectivity index (χ1v) is 6.45. The van der Waals surface area contributed by atoms with Gasteiger partial charge >= 0.3 is 0 Å². The largest absolute Gasteiger partial charge is 0.295 e. The van der Waals surface area contributed by atoms with Crippen LogP contribution in [-0.4, -0.2) is 30.3 Å². The van der Waals surface area contributed by atoms with E-state index in [2.05, 4.69) is 18.7 Å². The molecule has 0 bridgehead atoms. The molecule has 1 aliphatic rings. The lowest BCUT2D eigenvalue weighted by atomic mass is 10.0. The molecule has 1 aromatic carbocycles. The molecule has 2 atom stereocenters. The van der Waals surface area contributed by atoms with Crippen LogP contribution in [-0.2, 0) is 0 Å². The molecule has 1 aromatic rings. The summed E-state index contributed by atoms with van der Waals surface area (Å²) in [5.41, 5.74) is 0.751. The Balaban J connectivity index is 1.96. The van der Waals surface area contributed by atoms with E-state index in [1.54, 1.807) is 24.3 Å². The predicted molar refractivity (Wildman–Crippen MR) is 70.6 cm³/mol. The maximum Gasteiger partial charge on any atom is 0.176 e. The lowest BCUT2D eigenvalue weighted by Crippen LogP contribution is -2.27. The number of benzene rings is 1. The van der Waals surface area contributed by atoms with E-state index in [-0.39, 0.29) is 5.78 Å². The molecule has 2 nitrogen and oxygen atoms in total. The van der Waals surface area contributed by atoms with Gasteiger partial charge in [-0.2, -0.15) is 0 Å². The number of carbonyl (C=O) groups is 1. The second kappa shape index (κ2) is 5.19. The minimum Gasteiger partial charge on any atom is -0.295 e. The van der Waals surface area contributed by atoms with Crippen molar-refractivity contribution < 1.29 is 4.79 Å². The van der Waals surface area contributed by atoms with Gasteiger partial charge in [-0.25, -0.2) is 0 Å². The number of hydrogen-bond acceptors (Lipinski definition) is 2.